The summed E-state index contributed by atoms with van der Waals surface area (Å²) in [6.45, 7) is 4.13. The van der Waals surface area contributed by atoms with E-state index in [4.69, 9.17) is 4.74 Å². The molecule has 7 heteroatoms. The van der Waals surface area contributed by atoms with Crippen molar-refractivity contribution in [3.05, 3.63) is 88.9 Å². The van der Waals surface area contributed by atoms with E-state index < -0.39 is 29.3 Å². The number of allylic oxidation sites excluding steroid dienone is 1. The maximum atomic E-state index is 14.0. The van der Waals surface area contributed by atoms with Crippen molar-refractivity contribution in [2.24, 2.45) is 0 Å². The maximum absolute atomic E-state index is 14.0. The van der Waals surface area contributed by atoms with Gasteiger partial charge in [-0.3, -0.25) is 14.5 Å². The van der Waals surface area contributed by atoms with Crippen LogP contribution in [0.25, 0.3) is 6.08 Å². The molecule has 2 aromatic carbocycles. The SMILES string of the molecule is O=C(/C=C/c1ccccc1)C1=C(O)C(=O)N(CCCN2CCOCC2)[C@@H]1c1cccc(F)c1. The van der Waals surface area contributed by atoms with E-state index in [1.165, 1.54) is 23.1 Å². The number of aliphatic hydroxyl groups is 1. The Morgan fingerprint density at radius 3 is 2.58 bits per heavy atom. The van der Waals surface area contributed by atoms with E-state index in [1.54, 1.807) is 18.2 Å². The van der Waals surface area contributed by atoms with E-state index in [0.29, 0.717) is 31.7 Å². The number of amides is 1. The van der Waals surface area contributed by atoms with Crippen LogP contribution in [-0.4, -0.2) is 66.0 Å². The lowest BCUT2D eigenvalue weighted by Crippen LogP contribution is -2.39. The van der Waals surface area contributed by atoms with E-state index in [9.17, 15) is 19.1 Å². The summed E-state index contributed by atoms with van der Waals surface area (Å²) in [4.78, 5) is 29.8. The molecule has 0 spiro atoms. The summed E-state index contributed by atoms with van der Waals surface area (Å²) in [7, 11) is 0. The first-order valence-electron chi connectivity index (χ1n) is 11.1. The number of halogens is 1. The topological polar surface area (TPSA) is 70.1 Å². The highest BCUT2D eigenvalue weighted by Gasteiger charge is 2.42. The molecule has 0 radical (unpaired) electrons. The van der Waals surface area contributed by atoms with Gasteiger partial charge in [0.2, 0.25) is 0 Å². The molecule has 172 valence electrons. The Labute approximate surface area is 192 Å². The number of rotatable bonds is 8. The molecule has 4 rings (SSSR count). The van der Waals surface area contributed by atoms with Gasteiger partial charge in [0.1, 0.15) is 5.82 Å². The van der Waals surface area contributed by atoms with Crippen molar-refractivity contribution in [1.82, 2.24) is 9.80 Å². The normalized spacial score (nSPS) is 19.6. The molecule has 1 amide bonds. The van der Waals surface area contributed by atoms with Gasteiger partial charge in [-0.15, -0.1) is 0 Å². The quantitative estimate of drug-likeness (QED) is 0.623. The van der Waals surface area contributed by atoms with Gasteiger partial charge in [0.15, 0.2) is 11.5 Å². The number of ether oxygens (including phenoxy) is 1. The highest BCUT2D eigenvalue weighted by Crippen LogP contribution is 2.38. The first-order valence-corrected chi connectivity index (χ1v) is 11.1. The molecular weight excluding hydrogens is 423 g/mol. The Hall–Kier alpha value is -3.29. The maximum Gasteiger partial charge on any atom is 0.290 e. The molecule has 0 aromatic heterocycles. The Bertz CT molecular complexity index is 1060. The highest BCUT2D eigenvalue weighted by atomic mass is 19.1. The van der Waals surface area contributed by atoms with Gasteiger partial charge >= 0.3 is 0 Å². The number of morpholine rings is 1. The van der Waals surface area contributed by atoms with Crippen molar-refractivity contribution in [3.8, 4) is 0 Å². The Morgan fingerprint density at radius 2 is 1.85 bits per heavy atom. The molecule has 33 heavy (non-hydrogen) atoms. The van der Waals surface area contributed by atoms with E-state index >= 15 is 0 Å². The van der Waals surface area contributed by atoms with Crippen LogP contribution in [-0.2, 0) is 14.3 Å². The average Bonchev–Trinajstić information content (AvgIpc) is 3.09. The fourth-order valence-electron chi connectivity index (χ4n) is 4.27. The van der Waals surface area contributed by atoms with Crippen LogP contribution < -0.4 is 0 Å². The summed E-state index contributed by atoms with van der Waals surface area (Å²) < 4.78 is 19.4. The highest BCUT2D eigenvalue weighted by molar-refractivity contribution is 6.14. The lowest BCUT2D eigenvalue weighted by Gasteiger charge is -2.29. The fraction of sp³-hybridized carbons (Fsp3) is 0.308. The van der Waals surface area contributed by atoms with E-state index in [1.807, 2.05) is 30.3 Å². The van der Waals surface area contributed by atoms with Gasteiger partial charge < -0.3 is 14.7 Å². The minimum absolute atomic E-state index is 0.0239. The van der Waals surface area contributed by atoms with Gasteiger partial charge in [-0.25, -0.2) is 4.39 Å². The fourth-order valence-corrected chi connectivity index (χ4v) is 4.27. The Kier molecular flexibility index (Phi) is 7.32. The van der Waals surface area contributed by atoms with Crippen LogP contribution in [0.2, 0.25) is 0 Å². The average molecular weight is 451 g/mol. The number of hydrogen-bond acceptors (Lipinski definition) is 5. The second kappa shape index (κ2) is 10.6. The zero-order chi connectivity index (χ0) is 23.2. The lowest BCUT2D eigenvalue weighted by atomic mass is 9.95. The van der Waals surface area contributed by atoms with Crippen LogP contribution in [0.15, 0.2) is 72.0 Å². The molecule has 1 atom stereocenters. The lowest BCUT2D eigenvalue weighted by molar-refractivity contribution is -0.129. The summed E-state index contributed by atoms with van der Waals surface area (Å²) in [5.74, 6) is -2.12. The summed E-state index contributed by atoms with van der Waals surface area (Å²) in [6, 6.07) is 14.3. The van der Waals surface area contributed by atoms with Gasteiger partial charge in [-0.05, 0) is 35.8 Å². The van der Waals surface area contributed by atoms with E-state index in [-0.39, 0.29) is 5.57 Å². The molecule has 2 aliphatic rings. The Morgan fingerprint density at radius 1 is 1.09 bits per heavy atom. The van der Waals surface area contributed by atoms with Crippen LogP contribution in [0, 0.1) is 5.82 Å². The third kappa shape index (κ3) is 5.38. The van der Waals surface area contributed by atoms with E-state index in [2.05, 4.69) is 4.90 Å². The molecule has 1 N–H and O–H groups in total. The molecule has 0 saturated carbocycles. The number of carbonyl (C=O) groups excluding carboxylic acids is 2. The standard InChI is InChI=1S/C26H27FN2O4/c27-21-9-4-8-20(18-21)24-23(22(30)11-10-19-6-2-1-3-7-19)25(31)26(32)29(24)13-5-12-28-14-16-33-17-15-28/h1-4,6-11,18,24,31H,5,12-17H2/b11-10+/t24-/m1/s1. The van der Waals surface area contributed by atoms with Crippen LogP contribution in [0.4, 0.5) is 4.39 Å². The molecule has 2 aliphatic heterocycles. The van der Waals surface area contributed by atoms with Crippen LogP contribution in [0.3, 0.4) is 0 Å². The first-order chi connectivity index (χ1) is 16.0. The molecule has 2 aromatic rings. The van der Waals surface area contributed by atoms with Crippen LogP contribution in [0.5, 0.6) is 0 Å². The second-order valence-corrected chi connectivity index (χ2v) is 8.13. The summed E-state index contributed by atoms with van der Waals surface area (Å²) in [5, 5.41) is 10.7. The van der Waals surface area contributed by atoms with E-state index in [0.717, 1.165) is 25.2 Å². The molecule has 1 saturated heterocycles. The van der Waals surface area contributed by atoms with Crippen LogP contribution in [0.1, 0.15) is 23.6 Å². The smallest absolute Gasteiger partial charge is 0.290 e. The summed E-state index contributed by atoms with van der Waals surface area (Å²) in [6.07, 6.45) is 3.64. The number of nitrogens with zero attached hydrogens (tertiary/aromatic N) is 2. The summed E-state index contributed by atoms with van der Waals surface area (Å²) in [5.41, 5.74) is 1.25. The molecule has 0 bridgehead atoms. The monoisotopic (exact) mass is 450 g/mol. The summed E-state index contributed by atoms with van der Waals surface area (Å²) >= 11 is 0. The number of hydrogen-bond donors (Lipinski definition) is 1. The third-order valence-corrected chi connectivity index (χ3v) is 5.94. The van der Waals surface area contributed by atoms with Crippen LogP contribution >= 0.6 is 0 Å². The third-order valence-electron chi connectivity index (χ3n) is 5.94. The predicted octanol–water partition coefficient (Wildman–Crippen LogP) is 3.53. The van der Waals surface area contributed by atoms with Gasteiger partial charge in [-0.2, -0.15) is 0 Å². The van der Waals surface area contributed by atoms with Crippen molar-refractivity contribution in [3.63, 3.8) is 0 Å². The second-order valence-electron chi connectivity index (χ2n) is 8.13. The predicted molar refractivity (Wildman–Crippen MR) is 123 cm³/mol. The first kappa shape index (κ1) is 22.9. The van der Waals surface area contributed by atoms with Gasteiger partial charge in [0, 0.05) is 26.2 Å². The number of carbonyl (C=O) groups is 2. The van der Waals surface area contributed by atoms with Crippen molar-refractivity contribution < 1.29 is 23.8 Å². The molecule has 0 aliphatic carbocycles. The van der Waals surface area contributed by atoms with Gasteiger partial charge in [-0.1, -0.05) is 48.5 Å². The zero-order valence-electron chi connectivity index (χ0n) is 18.3. The number of benzene rings is 2. The number of ketones is 1. The zero-order valence-corrected chi connectivity index (χ0v) is 18.3. The molecule has 6 nitrogen and oxygen atoms in total. The molecular formula is C26H27FN2O4. The Balaban J connectivity index is 1.57. The van der Waals surface area contributed by atoms with Crippen molar-refractivity contribution in [2.75, 3.05) is 39.4 Å². The van der Waals surface area contributed by atoms with Crippen molar-refractivity contribution in [2.45, 2.75) is 12.5 Å². The molecule has 1 fully saturated rings. The molecule has 0 unspecified atom stereocenters. The van der Waals surface area contributed by atoms with Gasteiger partial charge in [0.05, 0.1) is 24.8 Å². The van der Waals surface area contributed by atoms with Gasteiger partial charge in [0.25, 0.3) is 5.91 Å². The van der Waals surface area contributed by atoms with Crippen molar-refractivity contribution in [1.29, 1.82) is 0 Å². The minimum atomic E-state index is -0.842. The minimum Gasteiger partial charge on any atom is -0.503 e. The number of aliphatic hydroxyl groups excluding tert-OH is 1. The molecule has 2 heterocycles. The van der Waals surface area contributed by atoms with Crippen molar-refractivity contribution >= 4 is 17.8 Å². The largest absolute Gasteiger partial charge is 0.503 e.